The molecule has 0 saturated carbocycles. The summed E-state index contributed by atoms with van der Waals surface area (Å²) in [6.45, 7) is 5.98. The Hall–Kier alpha value is -1.04. The molecule has 0 aliphatic rings. The number of nitrogens with zero attached hydrogens (tertiary/aromatic N) is 1. The van der Waals surface area contributed by atoms with Gasteiger partial charge < -0.3 is 9.73 Å². The number of aryl methyl sites for hydroxylation is 1. The summed E-state index contributed by atoms with van der Waals surface area (Å²) in [5, 5.41) is 3.25. The van der Waals surface area contributed by atoms with E-state index < -0.39 is 12.6 Å². The maximum atomic E-state index is 12.1. The molecule has 0 amide bonds. The van der Waals surface area contributed by atoms with E-state index in [9.17, 15) is 13.2 Å². The quantitative estimate of drug-likeness (QED) is 0.769. The van der Waals surface area contributed by atoms with E-state index in [1.54, 1.807) is 0 Å². The Balaban J connectivity index is 2.23. The molecule has 0 radical (unpaired) electrons. The highest BCUT2D eigenvalue weighted by Crippen LogP contribution is 2.21. The van der Waals surface area contributed by atoms with Crippen LogP contribution >= 0.6 is 0 Å². The first-order valence-corrected chi connectivity index (χ1v) is 6.08. The van der Waals surface area contributed by atoms with Gasteiger partial charge in [0.2, 0.25) is 0 Å². The van der Waals surface area contributed by atoms with E-state index in [4.69, 9.17) is 4.42 Å². The van der Waals surface area contributed by atoms with E-state index in [0.29, 0.717) is 18.2 Å². The van der Waals surface area contributed by atoms with Crippen molar-refractivity contribution in [3.63, 3.8) is 0 Å². The smallest absolute Gasteiger partial charge is 0.396 e. The molecule has 104 valence electrons. The number of oxazole rings is 1. The Morgan fingerprint density at radius 1 is 1.39 bits per heavy atom. The molecule has 0 aromatic carbocycles. The summed E-state index contributed by atoms with van der Waals surface area (Å²) in [5.74, 6) is 0.846. The van der Waals surface area contributed by atoms with Gasteiger partial charge in [0.25, 0.3) is 0 Å². The SMILES string of the molecule is CC(C)CNCCCc1ncc(CC(F)(F)F)o1. The minimum Gasteiger partial charge on any atom is -0.445 e. The normalized spacial score (nSPS) is 12.3. The molecular weight excluding hydrogens is 245 g/mol. The van der Waals surface area contributed by atoms with Crippen molar-refractivity contribution in [3.8, 4) is 0 Å². The number of hydrogen-bond donors (Lipinski definition) is 1. The van der Waals surface area contributed by atoms with Crippen molar-refractivity contribution >= 4 is 0 Å². The zero-order valence-corrected chi connectivity index (χ0v) is 10.7. The van der Waals surface area contributed by atoms with E-state index in [2.05, 4.69) is 24.1 Å². The molecule has 0 aliphatic heterocycles. The lowest BCUT2D eigenvalue weighted by atomic mass is 10.2. The van der Waals surface area contributed by atoms with Crippen LogP contribution in [0, 0.1) is 5.92 Å². The molecule has 0 spiro atoms. The van der Waals surface area contributed by atoms with E-state index in [1.807, 2.05) is 0 Å². The molecule has 18 heavy (non-hydrogen) atoms. The largest absolute Gasteiger partial charge is 0.445 e. The minimum absolute atomic E-state index is 0.118. The van der Waals surface area contributed by atoms with Crippen LogP contribution in [0.5, 0.6) is 0 Å². The van der Waals surface area contributed by atoms with Crippen LogP contribution in [0.1, 0.15) is 31.9 Å². The number of alkyl halides is 3. The Labute approximate surface area is 105 Å². The van der Waals surface area contributed by atoms with Gasteiger partial charge in [0.15, 0.2) is 5.89 Å². The van der Waals surface area contributed by atoms with Gasteiger partial charge in [-0.15, -0.1) is 0 Å². The molecule has 6 heteroatoms. The lowest BCUT2D eigenvalue weighted by molar-refractivity contribution is -0.130. The van der Waals surface area contributed by atoms with Crippen LogP contribution in [0.2, 0.25) is 0 Å². The van der Waals surface area contributed by atoms with Crippen LogP contribution in [0.15, 0.2) is 10.6 Å². The fraction of sp³-hybridized carbons (Fsp3) is 0.750. The molecule has 1 rings (SSSR count). The first kappa shape index (κ1) is 15.0. The highest BCUT2D eigenvalue weighted by atomic mass is 19.4. The Morgan fingerprint density at radius 3 is 2.72 bits per heavy atom. The Bertz CT molecular complexity index is 347. The van der Waals surface area contributed by atoms with Gasteiger partial charge in [-0.25, -0.2) is 4.98 Å². The van der Waals surface area contributed by atoms with Gasteiger partial charge >= 0.3 is 6.18 Å². The Kier molecular flexibility index (Phi) is 5.65. The average molecular weight is 264 g/mol. The molecule has 0 saturated heterocycles. The zero-order valence-electron chi connectivity index (χ0n) is 10.7. The maximum Gasteiger partial charge on any atom is 0.396 e. The molecule has 0 fully saturated rings. The molecule has 1 aromatic heterocycles. The molecule has 0 unspecified atom stereocenters. The maximum absolute atomic E-state index is 12.1. The van der Waals surface area contributed by atoms with Gasteiger partial charge in [0.05, 0.1) is 6.20 Å². The standard InChI is InChI=1S/C12H19F3N2O/c1-9(2)7-16-5-3-4-11-17-8-10(18-11)6-12(13,14)15/h8-9,16H,3-7H2,1-2H3. The molecule has 1 heterocycles. The van der Waals surface area contributed by atoms with Crippen LogP contribution in [-0.4, -0.2) is 24.2 Å². The van der Waals surface area contributed by atoms with Gasteiger partial charge in [-0.3, -0.25) is 0 Å². The first-order chi connectivity index (χ1) is 8.37. The lowest BCUT2D eigenvalue weighted by Gasteiger charge is -2.05. The number of aromatic nitrogens is 1. The van der Waals surface area contributed by atoms with Gasteiger partial charge in [-0.1, -0.05) is 13.8 Å². The van der Waals surface area contributed by atoms with Crippen LogP contribution in [0.4, 0.5) is 13.2 Å². The van der Waals surface area contributed by atoms with Crippen LogP contribution in [0.3, 0.4) is 0 Å². The number of nitrogens with one attached hydrogen (secondary N) is 1. The molecule has 0 aliphatic carbocycles. The monoisotopic (exact) mass is 264 g/mol. The average Bonchev–Trinajstić information content (AvgIpc) is 2.62. The summed E-state index contributed by atoms with van der Waals surface area (Å²) in [7, 11) is 0. The van der Waals surface area contributed by atoms with Gasteiger partial charge in [-0.05, 0) is 25.4 Å². The van der Waals surface area contributed by atoms with Crippen molar-refractivity contribution in [1.29, 1.82) is 0 Å². The third-order valence-electron chi connectivity index (χ3n) is 2.27. The number of rotatable bonds is 7. The highest BCUT2D eigenvalue weighted by molar-refractivity contribution is 4.96. The molecule has 1 N–H and O–H groups in total. The lowest BCUT2D eigenvalue weighted by Crippen LogP contribution is -2.21. The minimum atomic E-state index is -4.24. The molecule has 3 nitrogen and oxygen atoms in total. The number of halogens is 3. The summed E-state index contributed by atoms with van der Waals surface area (Å²) in [5.41, 5.74) is 0. The van der Waals surface area contributed by atoms with E-state index in [1.165, 1.54) is 0 Å². The van der Waals surface area contributed by atoms with Crippen molar-refractivity contribution in [2.45, 2.75) is 39.3 Å². The second-order valence-electron chi connectivity index (χ2n) is 4.71. The summed E-state index contributed by atoms with van der Waals surface area (Å²) < 4.78 is 41.3. The predicted octanol–water partition coefficient (Wildman–Crippen LogP) is 2.96. The van der Waals surface area contributed by atoms with Gasteiger partial charge in [0.1, 0.15) is 12.2 Å². The van der Waals surface area contributed by atoms with Gasteiger partial charge in [-0.2, -0.15) is 13.2 Å². The second kappa shape index (κ2) is 6.78. The second-order valence-corrected chi connectivity index (χ2v) is 4.71. The Morgan fingerprint density at radius 2 is 2.11 bits per heavy atom. The summed E-state index contributed by atoms with van der Waals surface area (Å²) in [6.07, 6.45) is -2.77. The number of hydrogen-bond acceptors (Lipinski definition) is 3. The van der Waals surface area contributed by atoms with Gasteiger partial charge in [0, 0.05) is 6.42 Å². The van der Waals surface area contributed by atoms with Crippen molar-refractivity contribution in [3.05, 3.63) is 17.8 Å². The molecule has 1 aromatic rings. The predicted molar refractivity (Wildman–Crippen MR) is 62.3 cm³/mol. The summed E-state index contributed by atoms with van der Waals surface area (Å²) >= 11 is 0. The fourth-order valence-corrected chi connectivity index (χ4v) is 1.50. The third-order valence-corrected chi connectivity index (χ3v) is 2.27. The van der Waals surface area contributed by atoms with Crippen molar-refractivity contribution in [2.75, 3.05) is 13.1 Å². The van der Waals surface area contributed by atoms with Crippen LogP contribution < -0.4 is 5.32 Å². The van der Waals surface area contributed by atoms with Crippen LogP contribution in [0.25, 0.3) is 0 Å². The topological polar surface area (TPSA) is 38.1 Å². The first-order valence-electron chi connectivity index (χ1n) is 6.08. The van der Waals surface area contributed by atoms with E-state index >= 15 is 0 Å². The summed E-state index contributed by atoms with van der Waals surface area (Å²) in [6, 6.07) is 0. The fourth-order valence-electron chi connectivity index (χ4n) is 1.50. The molecule has 0 atom stereocenters. The third kappa shape index (κ3) is 6.64. The van der Waals surface area contributed by atoms with E-state index in [0.717, 1.165) is 25.7 Å². The molecular formula is C12H19F3N2O. The molecule has 0 bridgehead atoms. The van der Waals surface area contributed by atoms with E-state index in [-0.39, 0.29) is 5.76 Å². The van der Waals surface area contributed by atoms with Crippen molar-refractivity contribution < 1.29 is 17.6 Å². The summed E-state index contributed by atoms with van der Waals surface area (Å²) in [4.78, 5) is 3.84. The van der Waals surface area contributed by atoms with Crippen molar-refractivity contribution in [2.24, 2.45) is 5.92 Å². The van der Waals surface area contributed by atoms with Crippen LogP contribution in [-0.2, 0) is 12.8 Å². The zero-order chi connectivity index (χ0) is 13.6. The highest BCUT2D eigenvalue weighted by Gasteiger charge is 2.29. The van der Waals surface area contributed by atoms with Crippen molar-refractivity contribution in [1.82, 2.24) is 10.3 Å².